The molecule has 0 bridgehead atoms. The summed E-state index contributed by atoms with van der Waals surface area (Å²) in [5, 5.41) is 13.1. The predicted molar refractivity (Wildman–Crippen MR) is 68.6 cm³/mol. The van der Waals surface area contributed by atoms with Crippen LogP contribution in [0.4, 0.5) is 0 Å². The van der Waals surface area contributed by atoms with Crippen LogP contribution in [0.25, 0.3) is 0 Å². The minimum atomic E-state index is -0.170. The Morgan fingerprint density at radius 2 is 2.29 bits per heavy atom. The third kappa shape index (κ3) is 2.17. The van der Waals surface area contributed by atoms with Gasteiger partial charge in [-0.05, 0) is 31.0 Å². The first kappa shape index (κ1) is 12.4. The molecule has 0 amide bonds. The molecule has 3 heteroatoms. The van der Waals surface area contributed by atoms with Crippen LogP contribution < -0.4 is 10.1 Å². The van der Waals surface area contributed by atoms with Crippen molar-refractivity contribution in [3.8, 4) is 5.75 Å². The molecule has 1 aromatic rings. The van der Waals surface area contributed by atoms with Crippen LogP contribution in [0.3, 0.4) is 0 Å². The molecule has 1 aromatic carbocycles. The van der Waals surface area contributed by atoms with Crippen LogP contribution in [-0.2, 0) is 11.8 Å². The van der Waals surface area contributed by atoms with Crippen LogP contribution in [0.5, 0.6) is 5.75 Å². The molecule has 17 heavy (non-hydrogen) atoms. The Hall–Kier alpha value is -1.06. The molecule has 2 rings (SSSR count). The fourth-order valence-corrected chi connectivity index (χ4v) is 2.58. The number of hydrogen-bond acceptors (Lipinski definition) is 3. The summed E-state index contributed by atoms with van der Waals surface area (Å²) in [6, 6.07) is 6.29. The zero-order chi connectivity index (χ0) is 12.3. The lowest BCUT2D eigenvalue weighted by Crippen LogP contribution is -2.33. The van der Waals surface area contributed by atoms with Gasteiger partial charge in [0, 0.05) is 17.5 Å². The number of aliphatic hydroxyl groups is 1. The van der Waals surface area contributed by atoms with Crippen molar-refractivity contribution in [3.63, 3.8) is 0 Å². The van der Waals surface area contributed by atoms with E-state index in [4.69, 9.17) is 4.74 Å². The second kappa shape index (κ2) is 5.07. The van der Waals surface area contributed by atoms with Gasteiger partial charge in [0.2, 0.25) is 0 Å². The SMILES string of the molecule is CCc1ccc(OC)c(C2(CO)CCNC2)c1. The third-order valence-corrected chi connectivity index (χ3v) is 3.79. The molecule has 0 spiro atoms. The Labute approximate surface area is 103 Å². The number of hydrogen-bond donors (Lipinski definition) is 2. The lowest BCUT2D eigenvalue weighted by molar-refractivity contribution is 0.201. The Bertz CT molecular complexity index is 384. The summed E-state index contributed by atoms with van der Waals surface area (Å²) in [6.45, 7) is 4.10. The molecule has 1 atom stereocenters. The summed E-state index contributed by atoms with van der Waals surface area (Å²) in [4.78, 5) is 0. The fraction of sp³-hybridized carbons (Fsp3) is 0.571. The van der Waals surface area contributed by atoms with Gasteiger partial charge >= 0.3 is 0 Å². The molecule has 1 unspecified atom stereocenters. The van der Waals surface area contributed by atoms with Crippen molar-refractivity contribution in [1.82, 2.24) is 5.32 Å². The molecular weight excluding hydrogens is 214 g/mol. The Morgan fingerprint density at radius 3 is 2.82 bits per heavy atom. The van der Waals surface area contributed by atoms with E-state index in [-0.39, 0.29) is 12.0 Å². The van der Waals surface area contributed by atoms with E-state index in [1.165, 1.54) is 5.56 Å². The minimum absolute atomic E-state index is 0.170. The third-order valence-electron chi connectivity index (χ3n) is 3.79. The second-order valence-corrected chi connectivity index (χ2v) is 4.75. The zero-order valence-electron chi connectivity index (χ0n) is 10.6. The molecule has 1 heterocycles. The van der Waals surface area contributed by atoms with Crippen LogP contribution in [0, 0.1) is 0 Å². The molecule has 0 aliphatic carbocycles. The van der Waals surface area contributed by atoms with Crippen molar-refractivity contribution in [2.24, 2.45) is 0 Å². The quantitative estimate of drug-likeness (QED) is 0.830. The van der Waals surface area contributed by atoms with Crippen LogP contribution in [-0.4, -0.2) is 31.9 Å². The highest BCUT2D eigenvalue weighted by atomic mass is 16.5. The minimum Gasteiger partial charge on any atom is -0.496 e. The van der Waals surface area contributed by atoms with E-state index >= 15 is 0 Å². The molecule has 0 aromatic heterocycles. The summed E-state index contributed by atoms with van der Waals surface area (Å²) in [6.07, 6.45) is 1.97. The zero-order valence-corrected chi connectivity index (χ0v) is 10.6. The van der Waals surface area contributed by atoms with Gasteiger partial charge in [0.05, 0.1) is 13.7 Å². The molecule has 3 nitrogen and oxygen atoms in total. The molecule has 94 valence electrons. The van der Waals surface area contributed by atoms with Gasteiger partial charge in [0.15, 0.2) is 0 Å². The average Bonchev–Trinajstić information content (AvgIpc) is 2.88. The molecule has 1 aliphatic heterocycles. The standard InChI is InChI=1S/C14H21NO2/c1-3-11-4-5-13(17-2)12(8-11)14(10-16)6-7-15-9-14/h4-5,8,15-16H,3,6-7,9-10H2,1-2H3. The van der Waals surface area contributed by atoms with Crippen molar-refractivity contribution >= 4 is 0 Å². The molecule has 2 N–H and O–H groups in total. The Morgan fingerprint density at radius 1 is 1.47 bits per heavy atom. The maximum absolute atomic E-state index is 9.76. The number of benzene rings is 1. The van der Waals surface area contributed by atoms with E-state index in [1.807, 2.05) is 6.07 Å². The van der Waals surface area contributed by atoms with Crippen molar-refractivity contribution in [2.45, 2.75) is 25.2 Å². The van der Waals surface area contributed by atoms with Gasteiger partial charge in [-0.1, -0.05) is 19.1 Å². The lowest BCUT2D eigenvalue weighted by Gasteiger charge is -2.28. The van der Waals surface area contributed by atoms with Crippen LogP contribution in [0.1, 0.15) is 24.5 Å². The fourth-order valence-electron chi connectivity index (χ4n) is 2.58. The lowest BCUT2D eigenvalue weighted by atomic mass is 9.79. The summed E-state index contributed by atoms with van der Waals surface area (Å²) >= 11 is 0. The second-order valence-electron chi connectivity index (χ2n) is 4.75. The van der Waals surface area contributed by atoms with Gasteiger partial charge < -0.3 is 15.2 Å². The predicted octanol–water partition coefficient (Wildman–Crippen LogP) is 1.48. The number of ether oxygens (including phenoxy) is 1. The molecule has 1 fully saturated rings. The highest BCUT2D eigenvalue weighted by Crippen LogP contribution is 2.37. The van der Waals surface area contributed by atoms with Gasteiger partial charge in [-0.15, -0.1) is 0 Å². The monoisotopic (exact) mass is 235 g/mol. The smallest absolute Gasteiger partial charge is 0.122 e. The van der Waals surface area contributed by atoms with Crippen LogP contribution in [0.15, 0.2) is 18.2 Å². The van der Waals surface area contributed by atoms with Crippen molar-refractivity contribution < 1.29 is 9.84 Å². The maximum atomic E-state index is 9.76. The largest absolute Gasteiger partial charge is 0.496 e. The summed E-state index contributed by atoms with van der Waals surface area (Å²) in [5.41, 5.74) is 2.27. The van der Waals surface area contributed by atoms with E-state index in [0.29, 0.717) is 0 Å². The summed E-state index contributed by atoms with van der Waals surface area (Å²) < 4.78 is 5.45. The topological polar surface area (TPSA) is 41.5 Å². The normalized spacial score (nSPS) is 23.9. The van der Waals surface area contributed by atoms with Crippen LogP contribution in [0.2, 0.25) is 0 Å². The number of aliphatic hydroxyl groups excluding tert-OH is 1. The highest BCUT2D eigenvalue weighted by Gasteiger charge is 2.37. The Kier molecular flexibility index (Phi) is 3.69. The van der Waals surface area contributed by atoms with Gasteiger partial charge in [-0.25, -0.2) is 0 Å². The van der Waals surface area contributed by atoms with E-state index < -0.39 is 0 Å². The van der Waals surface area contributed by atoms with Crippen molar-refractivity contribution in [2.75, 3.05) is 26.8 Å². The molecule has 1 saturated heterocycles. The molecular formula is C14H21NO2. The number of nitrogens with one attached hydrogen (secondary N) is 1. The summed E-state index contributed by atoms with van der Waals surface area (Å²) in [5.74, 6) is 0.889. The average molecular weight is 235 g/mol. The van der Waals surface area contributed by atoms with Gasteiger partial charge in [0.25, 0.3) is 0 Å². The highest BCUT2D eigenvalue weighted by molar-refractivity contribution is 5.44. The van der Waals surface area contributed by atoms with E-state index in [9.17, 15) is 5.11 Å². The first-order chi connectivity index (χ1) is 8.25. The molecule has 0 radical (unpaired) electrons. The summed E-state index contributed by atoms with van der Waals surface area (Å²) in [7, 11) is 1.69. The number of aryl methyl sites for hydroxylation is 1. The maximum Gasteiger partial charge on any atom is 0.122 e. The van der Waals surface area contributed by atoms with E-state index in [2.05, 4.69) is 24.4 Å². The Balaban J connectivity index is 2.46. The van der Waals surface area contributed by atoms with Crippen LogP contribution >= 0.6 is 0 Å². The molecule has 1 aliphatic rings. The van der Waals surface area contributed by atoms with Gasteiger partial charge in [0.1, 0.15) is 5.75 Å². The number of rotatable bonds is 4. The van der Waals surface area contributed by atoms with E-state index in [1.54, 1.807) is 7.11 Å². The molecule has 0 saturated carbocycles. The first-order valence-electron chi connectivity index (χ1n) is 6.25. The van der Waals surface area contributed by atoms with E-state index in [0.717, 1.165) is 37.2 Å². The van der Waals surface area contributed by atoms with Crippen molar-refractivity contribution in [1.29, 1.82) is 0 Å². The number of methoxy groups -OCH3 is 1. The van der Waals surface area contributed by atoms with Crippen molar-refractivity contribution in [3.05, 3.63) is 29.3 Å². The van der Waals surface area contributed by atoms with Gasteiger partial charge in [-0.2, -0.15) is 0 Å². The first-order valence-corrected chi connectivity index (χ1v) is 6.25. The van der Waals surface area contributed by atoms with Gasteiger partial charge in [-0.3, -0.25) is 0 Å².